The molecule has 2 aromatic rings. The number of aryl methyl sites for hydroxylation is 1. The van der Waals surface area contributed by atoms with E-state index in [9.17, 15) is 4.79 Å². The van der Waals surface area contributed by atoms with Gasteiger partial charge in [-0.3, -0.25) is 4.79 Å². The van der Waals surface area contributed by atoms with Crippen LogP contribution in [0.15, 0.2) is 36.4 Å². The number of nitrogen functional groups attached to an aromatic ring is 1. The number of benzene rings is 2. The van der Waals surface area contributed by atoms with Gasteiger partial charge in [0.05, 0.1) is 10.7 Å². The molecule has 3 nitrogen and oxygen atoms in total. The molecule has 1 amide bonds. The van der Waals surface area contributed by atoms with Crippen molar-refractivity contribution in [1.82, 2.24) is 0 Å². The van der Waals surface area contributed by atoms with E-state index in [4.69, 9.17) is 28.9 Å². The van der Waals surface area contributed by atoms with Crippen LogP contribution in [0, 0.1) is 6.92 Å². The van der Waals surface area contributed by atoms with Crippen LogP contribution >= 0.6 is 23.2 Å². The van der Waals surface area contributed by atoms with Crippen molar-refractivity contribution >= 4 is 40.5 Å². The Morgan fingerprint density at radius 1 is 1.11 bits per heavy atom. The highest BCUT2D eigenvalue weighted by Gasteiger charge is 2.09. The Bertz CT molecular complexity index is 641. The molecule has 98 valence electrons. The van der Waals surface area contributed by atoms with Crippen molar-refractivity contribution in [2.24, 2.45) is 0 Å². The van der Waals surface area contributed by atoms with Crippen LogP contribution in [-0.4, -0.2) is 5.91 Å². The molecule has 0 aromatic heterocycles. The zero-order valence-corrected chi connectivity index (χ0v) is 11.7. The van der Waals surface area contributed by atoms with Gasteiger partial charge in [-0.2, -0.15) is 0 Å². The van der Waals surface area contributed by atoms with E-state index in [-0.39, 0.29) is 5.91 Å². The Labute approximate surface area is 121 Å². The van der Waals surface area contributed by atoms with Crippen molar-refractivity contribution in [2.45, 2.75) is 6.92 Å². The summed E-state index contributed by atoms with van der Waals surface area (Å²) in [5, 5.41) is 3.76. The zero-order valence-electron chi connectivity index (χ0n) is 10.2. The van der Waals surface area contributed by atoms with Gasteiger partial charge in [-0.1, -0.05) is 23.2 Å². The average molecular weight is 295 g/mol. The predicted octanol–water partition coefficient (Wildman–Crippen LogP) is 4.14. The van der Waals surface area contributed by atoms with E-state index >= 15 is 0 Å². The summed E-state index contributed by atoms with van der Waals surface area (Å²) in [6, 6.07) is 10.0. The Kier molecular flexibility index (Phi) is 3.98. The molecular formula is C14H12Cl2N2O. The number of carbonyl (C=O) groups is 1. The molecule has 0 aliphatic heterocycles. The van der Waals surface area contributed by atoms with Crippen LogP contribution in [0.3, 0.4) is 0 Å². The summed E-state index contributed by atoms with van der Waals surface area (Å²) in [5.41, 5.74) is 8.03. The first-order valence-electron chi connectivity index (χ1n) is 5.60. The van der Waals surface area contributed by atoms with Crippen LogP contribution in [0.4, 0.5) is 11.4 Å². The molecule has 2 rings (SSSR count). The van der Waals surface area contributed by atoms with Crippen LogP contribution in [-0.2, 0) is 0 Å². The second kappa shape index (κ2) is 5.51. The van der Waals surface area contributed by atoms with Gasteiger partial charge in [0.25, 0.3) is 5.91 Å². The summed E-state index contributed by atoms with van der Waals surface area (Å²) in [6.45, 7) is 1.84. The van der Waals surface area contributed by atoms with E-state index in [2.05, 4.69) is 5.32 Å². The molecule has 0 fully saturated rings. The van der Waals surface area contributed by atoms with Crippen LogP contribution < -0.4 is 11.1 Å². The number of amides is 1. The molecule has 0 saturated heterocycles. The number of nitrogens with one attached hydrogen (secondary N) is 1. The molecule has 5 heteroatoms. The molecule has 2 aromatic carbocycles. The highest BCUT2D eigenvalue weighted by Crippen LogP contribution is 2.25. The van der Waals surface area contributed by atoms with E-state index < -0.39 is 0 Å². The SMILES string of the molecule is Cc1cc(C(=O)Nc2ccc(N)cc2Cl)ccc1Cl. The summed E-state index contributed by atoms with van der Waals surface area (Å²) >= 11 is 11.9. The first-order valence-corrected chi connectivity index (χ1v) is 6.35. The first-order chi connectivity index (χ1) is 8.97. The second-order valence-corrected chi connectivity index (χ2v) is 4.97. The molecule has 0 saturated carbocycles. The summed E-state index contributed by atoms with van der Waals surface area (Å²) in [7, 11) is 0. The van der Waals surface area contributed by atoms with Crippen LogP contribution in [0.2, 0.25) is 10.0 Å². The highest BCUT2D eigenvalue weighted by atomic mass is 35.5. The number of carbonyl (C=O) groups excluding carboxylic acids is 1. The minimum atomic E-state index is -0.244. The maximum atomic E-state index is 12.1. The third kappa shape index (κ3) is 3.19. The fourth-order valence-electron chi connectivity index (χ4n) is 1.61. The summed E-state index contributed by atoms with van der Waals surface area (Å²) in [5.74, 6) is -0.244. The summed E-state index contributed by atoms with van der Waals surface area (Å²) in [4.78, 5) is 12.1. The number of rotatable bonds is 2. The monoisotopic (exact) mass is 294 g/mol. The molecule has 0 aliphatic carbocycles. The number of hydrogen-bond donors (Lipinski definition) is 2. The number of halogens is 2. The quantitative estimate of drug-likeness (QED) is 0.818. The fraction of sp³-hybridized carbons (Fsp3) is 0.0714. The van der Waals surface area contributed by atoms with Crippen molar-refractivity contribution in [3.8, 4) is 0 Å². The van der Waals surface area contributed by atoms with Gasteiger partial charge in [-0.15, -0.1) is 0 Å². The molecule has 19 heavy (non-hydrogen) atoms. The van der Waals surface area contributed by atoms with Crippen molar-refractivity contribution in [3.63, 3.8) is 0 Å². The van der Waals surface area contributed by atoms with Gasteiger partial charge in [-0.25, -0.2) is 0 Å². The minimum absolute atomic E-state index is 0.244. The Hall–Kier alpha value is -1.71. The van der Waals surface area contributed by atoms with Crippen LogP contribution in [0.25, 0.3) is 0 Å². The standard InChI is InChI=1S/C14H12Cl2N2O/c1-8-6-9(2-4-11(8)15)14(19)18-13-5-3-10(17)7-12(13)16/h2-7H,17H2,1H3,(H,18,19). The van der Waals surface area contributed by atoms with E-state index in [0.717, 1.165) is 5.56 Å². The van der Waals surface area contributed by atoms with Crippen LogP contribution in [0.5, 0.6) is 0 Å². The lowest BCUT2D eigenvalue weighted by molar-refractivity contribution is 0.102. The minimum Gasteiger partial charge on any atom is -0.399 e. The van der Waals surface area contributed by atoms with E-state index in [1.807, 2.05) is 6.92 Å². The molecule has 0 spiro atoms. The third-order valence-electron chi connectivity index (χ3n) is 2.66. The molecule has 3 N–H and O–H groups in total. The van der Waals surface area contributed by atoms with Gasteiger partial charge in [0.15, 0.2) is 0 Å². The Morgan fingerprint density at radius 3 is 2.47 bits per heavy atom. The maximum absolute atomic E-state index is 12.1. The van der Waals surface area contributed by atoms with Crippen LogP contribution in [0.1, 0.15) is 15.9 Å². The first kappa shape index (κ1) is 13.7. The Balaban J connectivity index is 2.23. The number of nitrogens with two attached hydrogens (primary N) is 1. The van der Waals surface area contributed by atoms with Crippen molar-refractivity contribution in [2.75, 3.05) is 11.1 Å². The van der Waals surface area contributed by atoms with E-state index in [1.165, 1.54) is 0 Å². The third-order valence-corrected chi connectivity index (χ3v) is 3.40. The topological polar surface area (TPSA) is 55.1 Å². The summed E-state index contributed by atoms with van der Waals surface area (Å²) < 4.78 is 0. The van der Waals surface area contributed by atoms with E-state index in [1.54, 1.807) is 36.4 Å². The molecule has 0 atom stereocenters. The number of anilines is 2. The number of hydrogen-bond acceptors (Lipinski definition) is 2. The average Bonchev–Trinajstić information content (AvgIpc) is 2.36. The molecule has 0 unspecified atom stereocenters. The predicted molar refractivity (Wildman–Crippen MR) is 80.0 cm³/mol. The maximum Gasteiger partial charge on any atom is 0.255 e. The van der Waals surface area contributed by atoms with Gasteiger partial charge in [0.2, 0.25) is 0 Å². The van der Waals surface area contributed by atoms with Gasteiger partial charge in [0, 0.05) is 16.3 Å². The molecule has 0 bridgehead atoms. The molecular weight excluding hydrogens is 283 g/mol. The normalized spacial score (nSPS) is 10.3. The summed E-state index contributed by atoms with van der Waals surface area (Å²) in [6.07, 6.45) is 0. The van der Waals surface area contributed by atoms with Crippen molar-refractivity contribution in [3.05, 3.63) is 57.6 Å². The highest BCUT2D eigenvalue weighted by molar-refractivity contribution is 6.34. The molecule has 0 radical (unpaired) electrons. The van der Waals surface area contributed by atoms with Crippen molar-refractivity contribution < 1.29 is 4.79 Å². The largest absolute Gasteiger partial charge is 0.399 e. The lowest BCUT2D eigenvalue weighted by Crippen LogP contribution is -2.12. The van der Waals surface area contributed by atoms with E-state index in [0.29, 0.717) is 27.0 Å². The fourth-order valence-corrected chi connectivity index (χ4v) is 1.97. The molecule has 0 heterocycles. The second-order valence-electron chi connectivity index (χ2n) is 4.16. The van der Waals surface area contributed by atoms with Gasteiger partial charge in [0.1, 0.15) is 0 Å². The molecule has 0 aliphatic rings. The van der Waals surface area contributed by atoms with Gasteiger partial charge < -0.3 is 11.1 Å². The smallest absolute Gasteiger partial charge is 0.255 e. The van der Waals surface area contributed by atoms with Gasteiger partial charge in [-0.05, 0) is 48.9 Å². The lowest BCUT2D eigenvalue weighted by atomic mass is 10.1. The van der Waals surface area contributed by atoms with Gasteiger partial charge >= 0.3 is 0 Å². The Morgan fingerprint density at radius 2 is 1.84 bits per heavy atom. The lowest BCUT2D eigenvalue weighted by Gasteiger charge is -2.08. The van der Waals surface area contributed by atoms with Crippen molar-refractivity contribution in [1.29, 1.82) is 0 Å². The zero-order chi connectivity index (χ0) is 14.0.